The molecule has 2 aromatic carbocycles. The van der Waals surface area contributed by atoms with E-state index in [-0.39, 0.29) is 0 Å². The highest BCUT2D eigenvalue weighted by atomic mass is 35.6. The standard InChI is InChI=1S/C17H17N.ClH3Si/c1-12-8-14-6-3-7-16(17(14)9-12)15-5-2-4-13(10-15)11-18;1-2/h2-8,10H,9,11,18H2,1H3;2H3. The summed E-state index contributed by atoms with van der Waals surface area (Å²) in [7, 11) is 0.778. The van der Waals surface area contributed by atoms with Crippen LogP contribution in [0.3, 0.4) is 0 Å². The molecule has 0 spiro atoms. The fourth-order valence-electron chi connectivity index (χ4n) is 2.67. The zero-order valence-electron chi connectivity index (χ0n) is 12.0. The molecule has 0 unspecified atom stereocenters. The summed E-state index contributed by atoms with van der Waals surface area (Å²) < 4.78 is 0. The van der Waals surface area contributed by atoms with Gasteiger partial charge in [-0.25, -0.2) is 0 Å². The van der Waals surface area contributed by atoms with Crippen molar-refractivity contribution < 1.29 is 0 Å². The number of benzene rings is 2. The molecule has 2 N–H and O–H groups in total. The molecule has 0 amide bonds. The summed E-state index contributed by atoms with van der Waals surface area (Å²) in [4.78, 5) is 0. The van der Waals surface area contributed by atoms with Crippen LogP contribution in [0, 0.1) is 0 Å². The number of hydrogen-bond acceptors (Lipinski definition) is 1. The Kier molecular flexibility index (Phi) is 5.18. The van der Waals surface area contributed by atoms with E-state index in [1.165, 1.54) is 33.4 Å². The predicted octanol–water partition coefficient (Wildman–Crippen LogP) is 3.28. The van der Waals surface area contributed by atoms with Crippen LogP contribution in [0.4, 0.5) is 0 Å². The van der Waals surface area contributed by atoms with Crippen molar-refractivity contribution in [1.29, 1.82) is 0 Å². The average Bonchev–Trinajstić information content (AvgIpc) is 2.89. The molecule has 0 saturated carbocycles. The lowest BCUT2D eigenvalue weighted by Crippen LogP contribution is -1.96. The van der Waals surface area contributed by atoms with Crippen molar-refractivity contribution in [2.24, 2.45) is 5.73 Å². The summed E-state index contributed by atoms with van der Waals surface area (Å²) in [6.07, 6.45) is 3.35. The van der Waals surface area contributed by atoms with E-state index in [1.807, 2.05) is 0 Å². The van der Waals surface area contributed by atoms with Gasteiger partial charge in [-0.3, -0.25) is 0 Å². The molecule has 2 aromatic rings. The zero-order chi connectivity index (χ0) is 14.5. The molecule has 20 heavy (non-hydrogen) atoms. The molecule has 0 bridgehead atoms. The second kappa shape index (κ2) is 6.89. The maximum absolute atomic E-state index is 5.72. The number of rotatable bonds is 2. The van der Waals surface area contributed by atoms with E-state index >= 15 is 0 Å². The lowest BCUT2D eigenvalue weighted by Gasteiger charge is -2.10. The van der Waals surface area contributed by atoms with Crippen molar-refractivity contribution >= 4 is 26.7 Å². The van der Waals surface area contributed by atoms with Crippen molar-refractivity contribution in [2.75, 3.05) is 0 Å². The Morgan fingerprint density at radius 1 is 1.15 bits per heavy atom. The first-order valence-corrected chi connectivity index (χ1v) is 9.76. The van der Waals surface area contributed by atoms with Crippen LogP contribution in [0.2, 0.25) is 0 Å². The van der Waals surface area contributed by atoms with E-state index in [2.05, 4.69) is 55.5 Å². The van der Waals surface area contributed by atoms with Crippen LogP contribution in [-0.2, 0) is 13.0 Å². The van der Waals surface area contributed by atoms with Crippen molar-refractivity contribution in [3.8, 4) is 11.1 Å². The molecule has 0 aliphatic heterocycles. The van der Waals surface area contributed by atoms with Crippen molar-refractivity contribution in [1.82, 2.24) is 0 Å². The fourth-order valence-corrected chi connectivity index (χ4v) is 2.67. The fraction of sp³-hybridized carbons (Fsp3) is 0.176. The van der Waals surface area contributed by atoms with E-state index in [4.69, 9.17) is 16.8 Å². The van der Waals surface area contributed by atoms with Gasteiger partial charge in [-0.2, -0.15) is 11.1 Å². The quantitative estimate of drug-likeness (QED) is 0.668. The number of allylic oxidation sites excluding steroid dienone is 1. The van der Waals surface area contributed by atoms with Crippen molar-refractivity contribution in [2.45, 2.75) is 19.9 Å². The SMILES string of the molecule is CC1=Cc2cccc(-c3cccc(CN)c3)c2C1.[SiH3]Cl. The number of hydrogen-bond donors (Lipinski definition) is 1. The molecule has 0 fully saturated rings. The Hall–Kier alpha value is -1.35. The van der Waals surface area contributed by atoms with E-state index in [0.717, 1.165) is 16.0 Å². The molecule has 0 atom stereocenters. The number of fused-ring (bicyclic) bond motifs is 1. The van der Waals surface area contributed by atoms with Gasteiger partial charge in [0, 0.05) is 6.54 Å². The Bertz CT molecular complexity index is 635. The molecule has 1 nitrogen and oxygen atoms in total. The smallest absolute Gasteiger partial charge is 0.109 e. The number of nitrogens with two attached hydrogens (primary N) is 1. The molecule has 3 heteroatoms. The molecule has 104 valence electrons. The van der Waals surface area contributed by atoms with Gasteiger partial charge < -0.3 is 5.73 Å². The van der Waals surface area contributed by atoms with E-state index in [0.29, 0.717) is 6.54 Å². The van der Waals surface area contributed by atoms with Crippen LogP contribution in [0.5, 0.6) is 0 Å². The van der Waals surface area contributed by atoms with Crippen LogP contribution in [-0.4, -0.2) is 9.55 Å². The lowest BCUT2D eigenvalue weighted by atomic mass is 9.95. The first-order valence-electron chi connectivity index (χ1n) is 6.74. The Balaban J connectivity index is 0.000000704. The summed E-state index contributed by atoms with van der Waals surface area (Å²) in [5, 5.41) is 0. The molecular formula is C17H20ClNSi. The normalized spacial score (nSPS) is 12.4. The van der Waals surface area contributed by atoms with Crippen LogP contribution in [0.25, 0.3) is 17.2 Å². The third-order valence-corrected chi connectivity index (χ3v) is 3.54. The van der Waals surface area contributed by atoms with Crippen LogP contribution in [0.15, 0.2) is 48.0 Å². The highest BCUT2D eigenvalue weighted by molar-refractivity contribution is 6.80. The molecule has 1 aliphatic rings. The van der Waals surface area contributed by atoms with E-state index < -0.39 is 0 Å². The minimum atomic E-state index is 0.597. The molecule has 0 radical (unpaired) electrons. The summed E-state index contributed by atoms with van der Waals surface area (Å²) in [6.45, 7) is 2.79. The molecule has 0 heterocycles. The summed E-state index contributed by atoms with van der Waals surface area (Å²) in [6, 6.07) is 15.1. The number of halogens is 1. The van der Waals surface area contributed by atoms with Crippen LogP contribution in [0.1, 0.15) is 23.6 Å². The molecule has 0 aromatic heterocycles. The Morgan fingerprint density at radius 3 is 2.65 bits per heavy atom. The van der Waals surface area contributed by atoms with E-state index in [1.54, 1.807) is 0 Å². The third-order valence-electron chi connectivity index (χ3n) is 3.54. The maximum atomic E-state index is 5.72. The van der Waals surface area contributed by atoms with Gasteiger partial charge in [0.1, 0.15) is 9.55 Å². The molecule has 3 rings (SSSR count). The topological polar surface area (TPSA) is 26.0 Å². The minimum absolute atomic E-state index is 0.597. The molecule has 1 aliphatic carbocycles. The van der Waals surface area contributed by atoms with Crippen molar-refractivity contribution in [3.63, 3.8) is 0 Å². The monoisotopic (exact) mass is 301 g/mol. The predicted molar refractivity (Wildman–Crippen MR) is 92.9 cm³/mol. The van der Waals surface area contributed by atoms with Gasteiger partial charge in [0.15, 0.2) is 0 Å². The molecule has 0 saturated heterocycles. The highest BCUT2D eigenvalue weighted by Crippen LogP contribution is 2.33. The first kappa shape index (κ1) is 15.0. The van der Waals surface area contributed by atoms with E-state index in [9.17, 15) is 0 Å². The minimum Gasteiger partial charge on any atom is -0.326 e. The second-order valence-corrected chi connectivity index (χ2v) is 4.95. The average molecular weight is 302 g/mol. The van der Waals surface area contributed by atoms with Gasteiger partial charge >= 0.3 is 0 Å². The van der Waals surface area contributed by atoms with Crippen molar-refractivity contribution in [3.05, 3.63) is 64.7 Å². The molecular weight excluding hydrogens is 282 g/mol. The van der Waals surface area contributed by atoms with Gasteiger partial charge in [-0.15, -0.1) is 0 Å². The largest absolute Gasteiger partial charge is 0.326 e. The van der Waals surface area contributed by atoms with Crippen LogP contribution >= 0.6 is 11.1 Å². The van der Waals surface area contributed by atoms with Crippen LogP contribution < -0.4 is 5.73 Å². The summed E-state index contributed by atoms with van der Waals surface area (Å²) in [5.74, 6) is 0. The van der Waals surface area contributed by atoms with Gasteiger partial charge in [0.05, 0.1) is 0 Å². The first-order chi connectivity index (χ1) is 9.78. The van der Waals surface area contributed by atoms with Gasteiger partial charge in [-0.05, 0) is 47.2 Å². The Labute approximate surface area is 128 Å². The maximum Gasteiger partial charge on any atom is 0.109 e. The summed E-state index contributed by atoms with van der Waals surface area (Å²) in [5.41, 5.74) is 13.8. The summed E-state index contributed by atoms with van der Waals surface area (Å²) >= 11 is 4.78. The Morgan fingerprint density at radius 2 is 1.90 bits per heavy atom. The van der Waals surface area contributed by atoms with Gasteiger partial charge in [0.25, 0.3) is 0 Å². The second-order valence-electron chi connectivity index (χ2n) is 4.95. The highest BCUT2D eigenvalue weighted by Gasteiger charge is 2.14. The van der Waals surface area contributed by atoms with Gasteiger partial charge in [-0.1, -0.05) is 48.0 Å². The van der Waals surface area contributed by atoms with Gasteiger partial charge in [0.2, 0.25) is 0 Å². The lowest BCUT2D eigenvalue weighted by molar-refractivity contribution is 1.07. The third kappa shape index (κ3) is 3.03. The zero-order valence-corrected chi connectivity index (χ0v) is 14.7.